The first-order valence-corrected chi connectivity index (χ1v) is 6.31. The summed E-state index contributed by atoms with van der Waals surface area (Å²) < 4.78 is 2.10. The number of imidazole rings is 1. The molecule has 17 heavy (non-hydrogen) atoms. The summed E-state index contributed by atoms with van der Waals surface area (Å²) in [6.07, 6.45) is 4.52. The lowest BCUT2D eigenvalue weighted by atomic mass is 10.1. The Kier molecular flexibility index (Phi) is 5.15. The van der Waals surface area contributed by atoms with Crippen LogP contribution in [0.15, 0.2) is 12.4 Å². The number of hydrogen-bond acceptors (Lipinski definition) is 3. The number of nitrogens with one attached hydrogen (secondary N) is 1. The second-order valence-electron chi connectivity index (χ2n) is 5.62. The van der Waals surface area contributed by atoms with Crippen LogP contribution in [0.4, 0.5) is 0 Å². The molecule has 1 aromatic heterocycles. The highest BCUT2D eigenvalue weighted by Gasteiger charge is 2.13. The first-order chi connectivity index (χ1) is 7.88. The van der Waals surface area contributed by atoms with Crippen LogP contribution in [0, 0.1) is 5.92 Å². The summed E-state index contributed by atoms with van der Waals surface area (Å²) in [6, 6.07) is 0. The van der Waals surface area contributed by atoms with Gasteiger partial charge in [0.2, 0.25) is 0 Å². The highest BCUT2D eigenvalue weighted by atomic mass is 16.3. The Hall–Kier alpha value is -0.870. The molecule has 0 fully saturated rings. The molecule has 1 aromatic rings. The van der Waals surface area contributed by atoms with Gasteiger partial charge < -0.3 is 15.0 Å². The average Bonchev–Trinajstić information content (AvgIpc) is 2.61. The van der Waals surface area contributed by atoms with Crippen LogP contribution in [0.3, 0.4) is 0 Å². The number of nitrogens with zero attached hydrogens (tertiary/aromatic N) is 2. The van der Waals surface area contributed by atoms with Gasteiger partial charge in [0, 0.05) is 18.9 Å². The zero-order valence-corrected chi connectivity index (χ0v) is 11.4. The molecule has 4 heteroatoms. The quantitative estimate of drug-likeness (QED) is 0.762. The molecule has 0 aliphatic heterocycles. The van der Waals surface area contributed by atoms with E-state index in [0.717, 1.165) is 31.9 Å². The second kappa shape index (κ2) is 6.17. The molecular weight excluding hydrogens is 214 g/mol. The summed E-state index contributed by atoms with van der Waals surface area (Å²) in [5.74, 6) is 1.68. The molecule has 0 aliphatic carbocycles. The minimum Gasteiger partial charge on any atom is -0.390 e. The van der Waals surface area contributed by atoms with Crippen LogP contribution < -0.4 is 5.32 Å². The largest absolute Gasteiger partial charge is 0.390 e. The van der Waals surface area contributed by atoms with Crippen molar-refractivity contribution in [2.75, 3.05) is 6.54 Å². The van der Waals surface area contributed by atoms with Crippen molar-refractivity contribution in [3.63, 3.8) is 0 Å². The summed E-state index contributed by atoms with van der Waals surface area (Å²) in [4.78, 5) is 4.33. The van der Waals surface area contributed by atoms with Gasteiger partial charge in [0.05, 0.1) is 12.1 Å². The normalized spacial score (nSPS) is 12.4. The first kappa shape index (κ1) is 14.2. The highest BCUT2D eigenvalue weighted by molar-refractivity contribution is 4.92. The Labute approximate surface area is 104 Å². The molecule has 0 radical (unpaired) electrons. The van der Waals surface area contributed by atoms with E-state index in [-0.39, 0.29) is 0 Å². The first-order valence-electron chi connectivity index (χ1n) is 6.31. The van der Waals surface area contributed by atoms with Gasteiger partial charge in [-0.05, 0) is 32.7 Å². The van der Waals surface area contributed by atoms with E-state index < -0.39 is 5.60 Å². The fraction of sp³-hybridized carbons (Fsp3) is 0.769. The maximum atomic E-state index is 9.71. The topological polar surface area (TPSA) is 50.1 Å². The monoisotopic (exact) mass is 239 g/mol. The van der Waals surface area contributed by atoms with Gasteiger partial charge in [0.25, 0.3) is 0 Å². The molecule has 0 unspecified atom stereocenters. The van der Waals surface area contributed by atoms with Crippen LogP contribution in [0.1, 0.15) is 39.9 Å². The van der Waals surface area contributed by atoms with Crippen LogP contribution in [-0.4, -0.2) is 26.8 Å². The predicted octanol–water partition coefficient (Wildman–Crippen LogP) is 1.79. The molecule has 0 spiro atoms. The average molecular weight is 239 g/mol. The van der Waals surface area contributed by atoms with Crippen LogP contribution >= 0.6 is 0 Å². The standard InChI is InChI=1S/C13H25N3O/c1-11(2)9-14-10-12-15-6-8-16(12)7-5-13(3,4)17/h6,8,11,14,17H,5,7,9-10H2,1-4H3. The molecule has 0 aliphatic rings. The van der Waals surface area contributed by atoms with Crippen molar-refractivity contribution in [2.24, 2.45) is 5.92 Å². The Morgan fingerprint density at radius 3 is 2.76 bits per heavy atom. The van der Waals surface area contributed by atoms with Crippen molar-refractivity contribution in [2.45, 2.75) is 52.8 Å². The van der Waals surface area contributed by atoms with Crippen molar-refractivity contribution >= 4 is 0 Å². The molecule has 0 saturated carbocycles. The fourth-order valence-electron chi connectivity index (χ4n) is 1.58. The molecule has 4 nitrogen and oxygen atoms in total. The van der Waals surface area contributed by atoms with E-state index in [1.807, 2.05) is 26.2 Å². The maximum Gasteiger partial charge on any atom is 0.122 e. The smallest absolute Gasteiger partial charge is 0.122 e. The molecule has 98 valence electrons. The third-order valence-corrected chi connectivity index (χ3v) is 2.60. The number of aliphatic hydroxyl groups is 1. The van der Waals surface area contributed by atoms with Crippen molar-refractivity contribution in [3.8, 4) is 0 Å². The van der Waals surface area contributed by atoms with Crippen LogP contribution in [-0.2, 0) is 13.1 Å². The van der Waals surface area contributed by atoms with E-state index in [4.69, 9.17) is 0 Å². The van der Waals surface area contributed by atoms with Crippen LogP contribution in [0.25, 0.3) is 0 Å². The van der Waals surface area contributed by atoms with Gasteiger partial charge in [-0.2, -0.15) is 0 Å². The molecule has 0 bridgehead atoms. The molecular formula is C13H25N3O. The van der Waals surface area contributed by atoms with Crippen molar-refractivity contribution in [1.82, 2.24) is 14.9 Å². The highest BCUT2D eigenvalue weighted by Crippen LogP contribution is 2.10. The van der Waals surface area contributed by atoms with Crippen LogP contribution in [0.5, 0.6) is 0 Å². The number of aromatic nitrogens is 2. The maximum absolute atomic E-state index is 9.71. The number of rotatable bonds is 7. The molecule has 1 rings (SSSR count). The van der Waals surface area contributed by atoms with Gasteiger partial charge in [0.1, 0.15) is 5.82 Å². The van der Waals surface area contributed by atoms with E-state index in [1.165, 1.54) is 0 Å². The zero-order valence-electron chi connectivity index (χ0n) is 11.4. The molecule has 0 aromatic carbocycles. The summed E-state index contributed by atoms with van der Waals surface area (Å²) in [7, 11) is 0. The summed E-state index contributed by atoms with van der Waals surface area (Å²) in [5.41, 5.74) is -0.618. The minimum atomic E-state index is -0.618. The SMILES string of the molecule is CC(C)CNCc1nccn1CCC(C)(C)O. The number of hydrogen-bond donors (Lipinski definition) is 2. The van der Waals surface area contributed by atoms with E-state index >= 15 is 0 Å². The van der Waals surface area contributed by atoms with E-state index in [9.17, 15) is 5.11 Å². The molecule has 0 saturated heterocycles. The summed E-state index contributed by atoms with van der Waals surface area (Å²) in [5, 5.41) is 13.1. The van der Waals surface area contributed by atoms with Gasteiger partial charge in [-0.1, -0.05) is 13.8 Å². The lowest BCUT2D eigenvalue weighted by Gasteiger charge is -2.18. The predicted molar refractivity (Wildman–Crippen MR) is 69.7 cm³/mol. The fourth-order valence-corrected chi connectivity index (χ4v) is 1.58. The zero-order chi connectivity index (χ0) is 12.9. The van der Waals surface area contributed by atoms with E-state index in [2.05, 4.69) is 28.7 Å². The third-order valence-electron chi connectivity index (χ3n) is 2.60. The molecule has 0 atom stereocenters. The Morgan fingerprint density at radius 2 is 2.18 bits per heavy atom. The van der Waals surface area contributed by atoms with Gasteiger partial charge in [-0.3, -0.25) is 0 Å². The van der Waals surface area contributed by atoms with Crippen molar-refractivity contribution in [3.05, 3.63) is 18.2 Å². The molecule has 1 heterocycles. The van der Waals surface area contributed by atoms with Gasteiger partial charge in [0.15, 0.2) is 0 Å². The second-order valence-corrected chi connectivity index (χ2v) is 5.62. The van der Waals surface area contributed by atoms with Gasteiger partial charge in [-0.25, -0.2) is 4.98 Å². The third kappa shape index (κ3) is 5.84. The van der Waals surface area contributed by atoms with Crippen LogP contribution in [0.2, 0.25) is 0 Å². The van der Waals surface area contributed by atoms with E-state index in [0.29, 0.717) is 5.92 Å². The lowest BCUT2D eigenvalue weighted by molar-refractivity contribution is 0.0659. The van der Waals surface area contributed by atoms with Crippen molar-refractivity contribution in [1.29, 1.82) is 0 Å². The Balaban J connectivity index is 2.43. The molecule has 0 amide bonds. The lowest BCUT2D eigenvalue weighted by Crippen LogP contribution is -2.24. The van der Waals surface area contributed by atoms with Gasteiger partial charge >= 0.3 is 0 Å². The summed E-state index contributed by atoms with van der Waals surface area (Å²) >= 11 is 0. The summed E-state index contributed by atoms with van der Waals surface area (Å²) in [6.45, 7) is 10.6. The Bertz CT molecular complexity index is 326. The van der Waals surface area contributed by atoms with E-state index in [1.54, 1.807) is 0 Å². The molecule has 2 N–H and O–H groups in total. The van der Waals surface area contributed by atoms with Crippen molar-refractivity contribution < 1.29 is 5.11 Å². The Morgan fingerprint density at radius 1 is 1.47 bits per heavy atom. The van der Waals surface area contributed by atoms with Gasteiger partial charge in [-0.15, -0.1) is 0 Å². The minimum absolute atomic E-state index is 0.618. The number of aryl methyl sites for hydroxylation is 1.